The van der Waals surface area contributed by atoms with Crippen molar-refractivity contribution >= 4 is 38.9 Å². The Balaban J connectivity index is 2.27. The van der Waals surface area contributed by atoms with E-state index in [0.717, 1.165) is 27.8 Å². The summed E-state index contributed by atoms with van der Waals surface area (Å²) < 4.78 is 6.56. The normalized spacial score (nSPS) is 13.0. The number of hydrogen-bond acceptors (Lipinski definition) is 2. The molecule has 0 aliphatic rings. The second kappa shape index (κ2) is 4.94. The first-order valence-electron chi connectivity index (χ1n) is 5.10. The molecule has 16 heavy (non-hydrogen) atoms. The Morgan fingerprint density at radius 3 is 2.75 bits per heavy atom. The van der Waals surface area contributed by atoms with E-state index >= 15 is 0 Å². The fourth-order valence-corrected chi connectivity index (χ4v) is 3.33. The van der Waals surface area contributed by atoms with Crippen molar-refractivity contribution in [3.63, 3.8) is 0 Å². The summed E-state index contributed by atoms with van der Waals surface area (Å²) in [6, 6.07) is 6.13. The molecule has 2 aromatic heterocycles. The molecule has 0 N–H and O–H groups in total. The first-order valence-corrected chi connectivity index (χ1v) is 7.21. The van der Waals surface area contributed by atoms with Gasteiger partial charge in [0.05, 0.1) is 4.34 Å². The van der Waals surface area contributed by atoms with Gasteiger partial charge in [-0.25, -0.2) is 0 Å². The minimum Gasteiger partial charge on any atom is -0.465 e. The molecule has 0 saturated carbocycles. The lowest BCUT2D eigenvalue weighted by Gasteiger charge is -2.03. The Hall–Kier alpha value is -0.250. The molecule has 2 aromatic rings. The van der Waals surface area contributed by atoms with E-state index in [1.165, 1.54) is 4.88 Å². The van der Waals surface area contributed by atoms with E-state index in [9.17, 15) is 0 Å². The lowest BCUT2D eigenvalue weighted by atomic mass is 10.2. The predicted molar refractivity (Wildman–Crippen MR) is 72.9 cm³/mol. The second-order valence-electron chi connectivity index (χ2n) is 3.63. The highest BCUT2D eigenvalue weighted by Crippen LogP contribution is 2.39. The number of alkyl halides is 1. The van der Waals surface area contributed by atoms with Gasteiger partial charge in [-0.15, -0.1) is 11.3 Å². The third-order valence-corrected chi connectivity index (χ3v) is 5.27. The Morgan fingerprint density at radius 1 is 1.50 bits per heavy atom. The molecule has 0 spiro atoms. The zero-order valence-electron chi connectivity index (χ0n) is 9.09. The van der Waals surface area contributed by atoms with Crippen LogP contribution in [0, 0.1) is 6.92 Å². The molecule has 2 heterocycles. The van der Waals surface area contributed by atoms with Crippen molar-refractivity contribution < 1.29 is 4.42 Å². The number of rotatable bonds is 3. The molecule has 0 aliphatic heterocycles. The van der Waals surface area contributed by atoms with Crippen LogP contribution in [0.3, 0.4) is 0 Å². The lowest BCUT2D eigenvalue weighted by molar-refractivity contribution is 0.478. The van der Waals surface area contributed by atoms with Crippen LogP contribution in [0.2, 0.25) is 4.34 Å². The van der Waals surface area contributed by atoms with Crippen molar-refractivity contribution in [2.24, 2.45) is 0 Å². The van der Waals surface area contributed by atoms with E-state index in [-0.39, 0.29) is 4.83 Å². The molecule has 0 aliphatic carbocycles. The molecule has 4 heteroatoms. The fourth-order valence-electron chi connectivity index (χ4n) is 1.47. The molecular formula is C12H12BrClOS. The highest BCUT2D eigenvalue weighted by molar-refractivity contribution is 9.09. The molecule has 0 radical (unpaired) electrons. The molecule has 0 saturated heterocycles. The highest BCUT2D eigenvalue weighted by atomic mass is 79.9. The minimum absolute atomic E-state index is 0.101. The minimum atomic E-state index is 0.101. The molecule has 86 valence electrons. The average molecular weight is 320 g/mol. The van der Waals surface area contributed by atoms with Crippen molar-refractivity contribution in [1.82, 2.24) is 0 Å². The van der Waals surface area contributed by atoms with Crippen LogP contribution in [-0.2, 0) is 6.42 Å². The maximum absolute atomic E-state index is 6.06. The van der Waals surface area contributed by atoms with Crippen LogP contribution in [0.1, 0.15) is 33.7 Å². The average Bonchev–Trinajstić information content (AvgIpc) is 2.86. The number of thiophene rings is 1. The van der Waals surface area contributed by atoms with Crippen LogP contribution >= 0.6 is 38.9 Å². The van der Waals surface area contributed by atoms with Gasteiger partial charge in [0.2, 0.25) is 0 Å². The van der Waals surface area contributed by atoms with Crippen molar-refractivity contribution in [1.29, 1.82) is 0 Å². The van der Waals surface area contributed by atoms with Gasteiger partial charge in [-0.2, -0.15) is 0 Å². The highest BCUT2D eigenvalue weighted by Gasteiger charge is 2.17. The lowest BCUT2D eigenvalue weighted by Crippen LogP contribution is -1.85. The Bertz CT molecular complexity index is 469. The van der Waals surface area contributed by atoms with Gasteiger partial charge in [0.25, 0.3) is 0 Å². The topological polar surface area (TPSA) is 13.1 Å². The molecule has 1 nitrogen and oxygen atoms in total. The van der Waals surface area contributed by atoms with Gasteiger partial charge >= 0.3 is 0 Å². The maximum atomic E-state index is 6.06. The number of halogens is 2. The zero-order valence-corrected chi connectivity index (χ0v) is 12.2. The fraction of sp³-hybridized carbons (Fsp3) is 0.333. The molecule has 0 aromatic carbocycles. The summed E-state index contributed by atoms with van der Waals surface area (Å²) in [5.74, 6) is 1.95. The summed E-state index contributed by atoms with van der Waals surface area (Å²) in [4.78, 5) is 1.28. The van der Waals surface area contributed by atoms with Crippen LogP contribution in [0.25, 0.3) is 0 Å². The van der Waals surface area contributed by atoms with E-state index in [1.54, 1.807) is 11.3 Å². The molecule has 1 atom stereocenters. The van der Waals surface area contributed by atoms with Gasteiger partial charge in [-0.05, 0) is 30.7 Å². The van der Waals surface area contributed by atoms with Crippen LogP contribution in [0.15, 0.2) is 22.6 Å². The maximum Gasteiger partial charge on any atom is 0.123 e. The number of furan rings is 1. The third kappa shape index (κ3) is 2.36. The molecule has 1 unspecified atom stereocenters. The molecule has 2 rings (SSSR count). The van der Waals surface area contributed by atoms with Gasteiger partial charge in [-0.1, -0.05) is 34.5 Å². The summed E-state index contributed by atoms with van der Waals surface area (Å²) in [5.41, 5.74) is 1.12. The Labute approximate surface area is 113 Å². The van der Waals surface area contributed by atoms with Crippen molar-refractivity contribution in [3.8, 4) is 0 Å². The van der Waals surface area contributed by atoms with Crippen LogP contribution in [-0.4, -0.2) is 0 Å². The molecule has 0 fully saturated rings. The monoisotopic (exact) mass is 318 g/mol. The number of hydrogen-bond donors (Lipinski definition) is 0. The van der Waals surface area contributed by atoms with E-state index in [4.69, 9.17) is 16.0 Å². The number of aryl methyl sites for hydroxylation is 2. The summed E-state index contributed by atoms with van der Waals surface area (Å²) in [6.45, 7) is 4.10. The summed E-state index contributed by atoms with van der Waals surface area (Å²) in [5, 5.41) is 0. The molecule has 0 amide bonds. The summed E-state index contributed by atoms with van der Waals surface area (Å²) in [7, 11) is 0. The van der Waals surface area contributed by atoms with E-state index < -0.39 is 0 Å². The van der Waals surface area contributed by atoms with E-state index in [1.807, 2.05) is 19.1 Å². The Morgan fingerprint density at radius 2 is 2.25 bits per heavy atom. The molecule has 0 bridgehead atoms. The van der Waals surface area contributed by atoms with Gasteiger partial charge in [0.1, 0.15) is 16.3 Å². The second-order valence-corrected chi connectivity index (χ2v) is 6.23. The first kappa shape index (κ1) is 12.2. The third-order valence-electron chi connectivity index (χ3n) is 2.41. The van der Waals surface area contributed by atoms with Crippen molar-refractivity contribution in [2.75, 3.05) is 0 Å². The van der Waals surface area contributed by atoms with E-state index in [0.29, 0.717) is 0 Å². The summed E-state index contributed by atoms with van der Waals surface area (Å²) >= 11 is 11.3. The van der Waals surface area contributed by atoms with Crippen LogP contribution < -0.4 is 0 Å². The van der Waals surface area contributed by atoms with Crippen LogP contribution in [0.5, 0.6) is 0 Å². The predicted octanol–water partition coefficient (Wildman–Crippen LogP) is 5.35. The SMILES string of the molecule is CCc1ccc(C(Br)c2cc(C)c(Cl)s2)o1. The standard InChI is InChI=1S/C12H12BrClOS/c1-3-8-4-5-9(15-8)11(13)10-6-7(2)12(14)16-10/h4-6,11H,3H2,1-2H3. The van der Waals surface area contributed by atoms with Gasteiger partial charge in [0, 0.05) is 11.3 Å². The Kier molecular flexibility index (Phi) is 3.77. The van der Waals surface area contributed by atoms with Crippen molar-refractivity contribution in [3.05, 3.63) is 44.5 Å². The first-order chi connectivity index (χ1) is 7.61. The van der Waals surface area contributed by atoms with Gasteiger partial charge in [-0.3, -0.25) is 0 Å². The molecular weight excluding hydrogens is 308 g/mol. The van der Waals surface area contributed by atoms with Crippen molar-refractivity contribution in [2.45, 2.75) is 25.1 Å². The van der Waals surface area contributed by atoms with E-state index in [2.05, 4.69) is 28.9 Å². The van der Waals surface area contributed by atoms with Gasteiger partial charge in [0.15, 0.2) is 0 Å². The largest absolute Gasteiger partial charge is 0.465 e. The smallest absolute Gasteiger partial charge is 0.123 e. The quantitative estimate of drug-likeness (QED) is 0.695. The summed E-state index contributed by atoms with van der Waals surface area (Å²) in [6.07, 6.45) is 0.921. The van der Waals surface area contributed by atoms with Crippen LogP contribution in [0.4, 0.5) is 0 Å². The zero-order chi connectivity index (χ0) is 11.7. The van der Waals surface area contributed by atoms with Gasteiger partial charge < -0.3 is 4.42 Å².